The van der Waals surface area contributed by atoms with Gasteiger partial charge in [-0.1, -0.05) is 13.8 Å². The molecule has 0 radical (unpaired) electrons. The molecule has 0 aliphatic carbocycles. The van der Waals surface area contributed by atoms with Gasteiger partial charge in [0.25, 0.3) is 0 Å². The number of anilines is 2. The van der Waals surface area contributed by atoms with Gasteiger partial charge in [0.05, 0.1) is 0 Å². The van der Waals surface area contributed by atoms with E-state index in [9.17, 15) is 0 Å². The predicted molar refractivity (Wildman–Crippen MR) is 79.4 cm³/mol. The molecule has 0 unspecified atom stereocenters. The maximum atomic E-state index is 5.73. The fourth-order valence-electron chi connectivity index (χ4n) is 2.32. The van der Waals surface area contributed by atoms with E-state index in [-0.39, 0.29) is 0 Å². The van der Waals surface area contributed by atoms with Crippen molar-refractivity contribution in [1.29, 1.82) is 0 Å². The Labute approximate surface area is 115 Å². The Balaban J connectivity index is 1.95. The van der Waals surface area contributed by atoms with Gasteiger partial charge in [0.15, 0.2) is 0 Å². The van der Waals surface area contributed by atoms with Crippen LogP contribution in [0.1, 0.15) is 26.7 Å². The number of piperidine rings is 1. The van der Waals surface area contributed by atoms with Crippen LogP contribution in [0.2, 0.25) is 0 Å². The first-order valence-corrected chi connectivity index (χ1v) is 7.20. The van der Waals surface area contributed by atoms with Crippen molar-refractivity contribution < 1.29 is 0 Å². The van der Waals surface area contributed by atoms with Crippen LogP contribution in [0, 0.1) is 11.8 Å². The van der Waals surface area contributed by atoms with E-state index in [2.05, 4.69) is 34.0 Å². The lowest BCUT2D eigenvalue weighted by Crippen LogP contribution is -2.36. The Kier molecular flexibility index (Phi) is 4.96. The quantitative estimate of drug-likeness (QED) is 0.846. The van der Waals surface area contributed by atoms with Crippen molar-refractivity contribution in [1.82, 2.24) is 9.97 Å². The zero-order chi connectivity index (χ0) is 13.7. The summed E-state index contributed by atoms with van der Waals surface area (Å²) in [6.07, 6.45) is 3.97. The molecule has 0 atom stereocenters. The summed E-state index contributed by atoms with van der Waals surface area (Å²) in [6, 6.07) is 2.05. The molecule has 1 aliphatic rings. The van der Waals surface area contributed by atoms with Crippen LogP contribution in [0.5, 0.6) is 0 Å². The van der Waals surface area contributed by atoms with Crippen molar-refractivity contribution in [2.75, 3.05) is 36.4 Å². The predicted octanol–water partition coefficient (Wildman–Crippen LogP) is 1.72. The van der Waals surface area contributed by atoms with Crippen LogP contribution in [0.3, 0.4) is 0 Å². The molecule has 2 heterocycles. The molecule has 1 saturated heterocycles. The van der Waals surface area contributed by atoms with Crippen molar-refractivity contribution in [3.8, 4) is 0 Å². The molecule has 106 valence electrons. The van der Waals surface area contributed by atoms with E-state index < -0.39 is 0 Å². The Hall–Kier alpha value is -1.36. The summed E-state index contributed by atoms with van der Waals surface area (Å²) in [5.74, 6) is 3.23. The van der Waals surface area contributed by atoms with Crippen molar-refractivity contribution >= 4 is 11.6 Å². The average molecular weight is 263 g/mol. The number of nitrogens with one attached hydrogen (secondary N) is 1. The number of nitrogens with zero attached hydrogens (tertiary/aromatic N) is 3. The fourth-order valence-corrected chi connectivity index (χ4v) is 2.32. The van der Waals surface area contributed by atoms with Crippen molar-refractivity contribution in [2.24, 2.45) is 17.6 Å². The van der Waals surface area contributed by atoms with E-state index in [1.165, 1.54) is 0 Å². The van der Waals surface area contributed by atoms with E-state index in [0.717, 1.165) is 50.7 Å². The standard InChI is InChI=1S/C14H25N5/c1-11(2)9-16-13-7-14(18-10-17-13)19-5-3-12(8-15)4-6-19/h7,10-12H,3-6,8-9,15H2,1-2H3,(H,16,17,18). The van der Waals surface area contributed by atoms with Crippen molar-refractivity contribution in [3.63, 3.8) is 0 Å². The molecule has 2 rings (SSSR count). The molecule has 1 aromatic rings. The van der Waals surface area contributed by atoms with Crippen molar-refractivity contribution in [2.45, 2.75) is 26.7 Å². The Morgan fingerprint density at radius 1 is 1.37 bits per heavy atom. The zero-order valence-electron chi connectivity index (χ0n) is 12.0. The summed E-state index contributed by atoms with van der Waals surface area (Å²) in [7, 11) is 0. The maximum Gasteiger partial charge on any atom is 0.134 e. The molecule has 3 N–H and O–H groups in total. The summed E-state index contributed by atoms with van der Waals surface area (Å²) in [5.41, 5.74) is 5.73. The highest BCUT2D eigenvalue weighted by molar-refractivity contribution is 5.48. The Morgan fingerprint density at radius 2 is 2.11 bits per heavy atom. The number of nitrogens with two attached hydrogens (primary N) is 1. The SMILES string of the molecule is CC(C)CNc1cc(N2CCC(CN)CC2)ncn1. The van der Waals surface area contributed by atoms with Crippen LogP contribution in [0.15, 0.2) is 12.4 Å². The monoisotopic (exact) mass is 263 g/mol. The van der Waals surface area contributed by atoms with Crippen molar-refractivity contribution in [3.05, 3.63) is 12.4 Å². The number of hydrogen-bond donors (Lipinski definition) is 2. The largest absolute Gasteiger partial charge is 0.370 e. The highest BCUT2D eigenvalue weighted by Crippen LogP contribution is 2.22. The maximum absolute atomic E-state index is 5.73. The van der Waals surface area contributed by atoms with Gasteiger partial charge in [0.1, 0.15) is 18.0 Å². The molecule has 0 bridgehead atoms. The van der Waals surface area contributed by atoms with Gasteiger partial charge >= 0.3 is 0 Å². The molecule has 0 aromatic carbocycles. The first-order chi connectivity index (χ1) is 9.19. The minimum absolute atomic E-state index is 0.610. The lowest BCUT2D eigenvalue weighted by molar-refractivity contribution is 0.413. The minimum Gasteiger partial charge on any atom is -0.370 e. The lowest BCUT2D eigenvalue weighted by Gasteiger charge is -2.32. The molecule has 1 aromatic heterocycles. The van der Waals surface area contributed by atoms with Crippen LogP contribution >= 0.6 is 0 Å². The molecule has 5 nitrogen and oxygen atoms in total. The molecule has 0 amide bonds. The van der Waals surface area contributed by atoms with E-state index in [1.54, 1.807) is 6.33 Å². The van der Waals surface area contributed by atoms with Crippen LogP contribution < -0.4 is 16.0 Å². The number of rotatable bonds is 5. The topological polar surface area (TPSA) is 67.1 Å². The minimum atomic E-state index is 0.610. The molecule has 19 heavy (non-hydrogen) atoms. The molecule has 1 aliphatic heterocycles. The lowest BCUT2D eigenvalue weighted by atomic mass is 9.97. The molecular weight excluding hydrogens is 238 g/mol. The third kappa shape index (κ3) is 4.06. The van der Waals surface area contributed by atoms with E-state index in [0.29, 0.717) is 11.8 Å². The molecular formula is C14H25N5. The number of aromatic nitrogens is 2. The van der Waals surface area contributed by atoms with E-state index >= 15 is 0 Å². The van der Waals surface area contributed by atoms with Gasteiger partial charge in [-0.15, -0.1) is 0 Å². The van der Waals surface area contributed by atoms with Gasteiger partial charge in [0.2, 0.25) is 0 Å². The van der Waals surface area contributed by atoms with Crippen LogP contribution in [0.25, 0.3) is 0 Å². The highest BCUT2D eigenvalue weighted by atomic mass is 15.2. The normalized spacial score (nSPS) is 16.9. The average Bonchev–Trinajstić information content (AvgIpc) is 2.45. The van der Waals surface area contributed by atoms with Crippen LogP contribution in [0.4, 0.5) is 11.6 Å². The molecule has 0 spiro atoms. The fraction of sp³-hybridized carbons (Fsp3) is 0.714. The third-order valence-electron chi connectivity index (χ3n) is 3.62. The number of hydrogen-bond acceptors (Lipinski definition) is 5. The summed E-state index contributed by atoms with van der Waals surface area (Å²) in [6.45, 7) is 8.20. The van der Waals surface area contributed by atoms with Crippen LogP contribution in [-0.2, 0) is 0 Å². The first-order valence-electron chi connectivity index (χ1n) is 7.20. The third-order valence-corrected chi connectivity index (χ3v) is 3.62. The van der Waals surface area contributed by atoms with E-state index in [1.807, 2.05) is 6.07 Å². The van der Waals surface area contributed by atoms with Gasteiger partial charge < -0.3 is 16.0 Å². The first kappa shape index (κ1) is 14.1. The van der Waals surface area contributed by atoms with Gasteiger partial charge in [-0.2, -0.15) is 0 Å². The van der Waals surface area contributed by atoms with Gasteiger partial charge in [-0.05, 0) is 31.2 Å². The Bertz CT molecular complexity index is 385. The second-order valence-corrected chi connectivity index (χ2v) is 5.70. The summed E-state index contributed by atoms with van der Waals surface area (Å²) < 4.78 is 0. The molecule has 5 heteroatoms. The van der Waals surface area contributed by atoms with E-state index in [4.69, 9.17) is 5.73 Å². The summed E-state index contributed by atoms with van der Waals surface area (Å²) in [5, 5.41) is 3.35. The summed E-state index contributed by atoms with van der Waals surface area (Å²) >= 11 is 0. The van der Waals surface area contributed by atoms with Gasteiger partial charge in [0, 0.05) is 25.7 Å². The van der Waals surface area contributed by atoms with Gasteiger partial charge in [-0.25, -0.2) is 9.97 Å². The molecule has 1 fully saturated rings. The Morgan fingerprint density at radius 3 is 2.74 bits per heavy atom. The van der Waals surface area contributed by atoms with Gasteiger partial charge in [-0.3, -0.25) is 0 Å². The zero-order valence-corrected chi connectivity index (χ0v) is 12.0. The smallest absolute Gasteiger partial charge is 0.134 e. The second kappa shape index (κ2) is 6.70. The highest BCUT2D eigenvalue weighted by Gasteiger charge is 2.19. The molecule has 0 saturated carbocycles. The second-order valence-electron chi connectivity index (χ2n) is 5.70. The summed E-state index contributed by atoms with van der Waals surface area (Å²) in [4.78, 5) is 11.0. The van der Waals surface area contributed by atoms with Crippen LogP contribution in [-0.4, -0.2) is 36.1 Å².